The second kappa shape index (κ2) is 27.9. The van der Waals surface area contributed by atoms with Gasteiger partial charge < -0.3 is 82.7 Å². The fourth-order valence-corrected chi connectivity index (χ4v) is 9.55. The number of carbonyl (C=O) groups excluding carboxylic acids is 3. The van der Waals surface area contributed by atoms with Crippen molar-refractivity contribution >= 4 is 17.9 Å². The van der Waals surface area contributed by atoms with Crippen LogP contribution >= 0.6 is 0 Å². The Hall–Kier alpha value is -2.15. The van der Waals surface area contributed by atoms with E-state index in [9.17, 15) is 45.0 Å². The van der Waals surface area contributed by atoms with Gasteiger partial charge in [-0.2, -0.15) is 0 Å². The van der Waals surface area contributed by atoms with Crippen LogP contribution in [0.2, 0.25) is 0 Å². The maximum atomic E-state index is 13.6. The third-order valence-corrected chi connectivity index (χ3v) is 14.6. The van der Waals surface area contributed by atoms with Gasteiger partial charge in [0.1, 0.15) is 54.9 Å². The second-order valence-corrected chi connectivity index (χ2v) is 20.2. The first-order chi connectivity index (χ1) is 33.3. The van der Waals surface area contributed by atoms with Crippen molar-refractivity contribution in [1.82, 2.24) is 0 Å². The summed E-state index contributed by atoms with van der Waals surface area (Å²) in [5.41, 5.74) is 0. The molecule has 0 aromatic rings. The van der Waals surface area contributed by atoms with Crippen LogP contribution in [0.15, 0.2) is 0 Å². The summed E-state index contributed by atoms with van der Waals surface area (Å²) in [4.78, 5) is 39.7. The minimum absolute atomic E-state index is 0.0283. The molecule has 6 heterocycles. The highest BCUT2D eigenvalue weighted by atomic mass is 16.8. The Labute approximate surface area is 413 Å². The molecular weight excluding hydrogens is 921 g/mol. The number of ether oxygens (including phenoxy) is 11. The van der Waals surface area contributed by atoms with Crippen LogP contribution in [0, 0.1) is 11.8 Å². The molecule has 0 radical (unpaired) electrons. The largest absolute Gasteiger partial charge is 0.457 e. The molecule has 6 fully saturated rings. The molecular formula is C50H86O20. The zero-order valence-corrected chi connectivity index (χ0v) is 42.8. The maximum absolute atomic E-state index is 13.6. The minimum Gasteiger partial charge on any atom is -0.457 e. The van der Waals surface area contributed by atoms with E-state index in [4.69, 9.17) is 52.1 Å². The molecule has 6 rings (SSSR count). The number of rotatable bonds is 14. The highest BCUT2D eigenvalue weighted by Gasteiger charge is 2.56. The van der Waals surface area contributed by atoms with Crippen molar-refractivity contribution in [3.05, 3.63) is 0 Å². The molecule has 20 nitrogen and oxygen atoms in total. The lowest BCUT2D eigenvalue weighted by molar-refractivity contribution is -0.383. The summed E-state index contributed by atoms with van der Waals surface area (Å²) in [5.74, 6) is -3.02. The third kappa shape index (κ3) is 15.2. The lowest BCUT2D eigenvalue weighted by Crippen LogP contribution is -2.67. The smallest absolute Gasteiger partial charge is 0.309 e. The van der Waals surface area contributed by atoms with Crippen LogP contribution in [-0.2, 0) is 66.5 Å². The van der Waals surface area contributed by atoms with E-state index < -0.39 is 153 Å². The van der Waals surface area contributed by atoms with Gasteiger partial charge >= 0.3 is 17.9 Å². The van der Waals surface area contributed by atoms with Crippen LogP contribution in [0.4, 0.5) is 0 Å². The summed E-state index contributed by atoms with van der Waals surface area (Å²) in [6.07, 6.45) is -16.6. The van der Waals surface area contributed by atoms with Crippen molar-refractivity contribution in [1.29, 1.82) is 0 Å². The molecule has 6 N–H and O–H groups in total. The molecule has 6 aliphatic rings. The average Bonchev–Trinajstić information content (AvgIpc) is 3.32. The Morgan fingerprint density at radius 3 is 1.73 bits per heavy atom. The van der Waals surface area contributed by atoms with E-state index in [0.29, 0.717) is 19.3 Å². The number of hydrogen-bond donors (Lipinski definition) is 6. The molecule has 20 heteroatoms. The van der Waals surface area contributed by atoms with Crippen LogP contribution in [0.3, 0.4) is 0 Å². The van der Waals surface area contributed by atoms with Crippen molar-refractivity contribution in [3.8, 4) is 0 Å². The van der Waals surface area contributed by atoms with E-state index in [0.717, 1.165) is 70.6 Å². The van der Waals surface area contributed by atoms with Crippen molar-refractivity contribution in [2.45, 2.75) is 288 Å². The monoisotopic (exact) mass is 1010 g/mol. The van der Waals surface area contributed by atoms with Crippen LogP contribution < -0.4 is 0 Å². The first-order valence-electron chi connectivity index (χ1n) is 26.2. The SMILES string of the molecule is CCCCCC1CCCCCCCCCC(=O)OC2C(O)C(OC(C)C2OC2OC(C)C(OC3OC(C)C(OC(=O)C(C)CC)C(O)C3O)C(O)C2OC(=O)C(C)CC)OC2C(C)OC(O1)C(O)C2O. The fourth-order valence-electron chi connectivity index (χ4n) is 9.55. The molecule has 0 aromatic heterocycles. The fraction of sp³-hybridized carbons (Fsp3) is 0.940. The number of esters is 3. The Morgan fingerprint density at radius 1 is 0.543 bits per heavy atom. The number of aliphatic hydroxyl groups excluding tert-OH is 6. The van der Waals surface area contributed by atoms with E-state index >= 15 is 0 Å². The van der Waals surface area contributed by atoms with E-state index in [-0.39, 0.29) is 12.5 Å². The predicted octanol–water partition coefficient (Wildman–Crippen LogP) is 3.60. The van der Waals surface area contributed by atoms with Gasteiger partial charge in [0, 0.05) is 6.42 Å². The molecule has 0 spiro atoms. The molecule has 23 atom stereocenters. The number of unbranched alkanes of at least 4 members (excludes halogenated alkanes) is 2. The molecule has 6 saturated heterocycles. The topological polar surface area (TPSA) is 274 Å². The van der Waals surface area contributed by atoms with Gasteiger partial charge in [-0.1, -0.05) is 92.4 Å². The van der Waals surface area contributed by atoms with Crippen molar-refractivity contribution in [3.63, 3.8) is 0 Å². The minimum atomic E-state index is -1.76. The van der Waals surface area contributed by atoms with E-state index in [1.165, 1.54) is 13.8 Å². The Balaban J connectivity index is 1.37. The molecule has 23 unspecified atom stereocenters. The molecule has 0 aliphatic carbocycles. The summed E-state index contributed by atoms with van der Waals surface area (Å²) in [5, 5.41) is 69.2. The zero-order chi connectivity index (χ0) is 51.4. The number of hydrogen-bond acceptors (Lipinski definition) is 20. The van der Waals surface area contributed by atoms with E-state index in [1.54, 1.807) is 34.6 Å². The molecule has 0 amide bonds. The van der Waals surface area contributed by atoms with Crippen molar-refractivity contribution < 1.29 is 97.1 Å². The number of carbonyl (C=O) groups is 3. The molecule has 0 aromatic carbocycles. The summed E-state index contributed by atoms with van der Waals surface area (Å²) < 4.78 is 67.1. The Morgan fingerprint density at radius 2 is 1.09 bits per heavy atom. The van der Waals surface area contributed by atoms with E-state index in [1.807, 2.05) is 6.92 Å². The lowest BCUT2D eigenvalue weighted by atomic mass is 9.95. The first kappa shape index (κ1) is 58.7. The molecule has 6 aliphatic heterocycles. The summed E-state index contributed by atoms with van der Waals surface area (Å²) in [7, 11) is 0. The van der Waals surface area contributed by atoms with Crippen LogP contribution in [0.25, 0.3) is 0 Å². The van der Waals surface area contributed by atoms with Gasteiger partial charge in [0.25, 0.3) is 0 Å². The zero-order valence-electron chi connectivity index (χ0n) is 42.8. The first-order valence-corrected chi connectivity index (χ1v) is 26.2. The lowest BCUT2D eigenvalue weighted by Gasteiger charge is -2.49. The van der Waals surface area contributed by atoms with Gasteiger partial charge in [0.15, 0.2) is 43.5 Å². The van der Waals surface area contributed by atoms with Crippen LogP contribution in [-0.4, -0.2) is 177 Å². The molecule has 0 saturated carbocycles. The van der Waals surface area contributed by atoms with Gasteiger partial charge in [-0.05, 0) is 59.8 Å². The number of fused-ring (bicyclic) bond motifs is 14. The second-order valence-electron chi connectivity index (χ2n) is 20.2. The Bertz CT molecular complexity index is 1590. The number of aliphatic hydroxyl groups is 6. The summed E-state index contributed by atoms with van der Waals surface area (Å²) >= 11 is 0. The highest BCUT2D eigenvalue weighted by molar-refractivity contribution is 5.72. The quantitative estimate of drug-likeness (QED) is 0.0824. The van der Waals surface area contributed by atoms with Crippen molar-refractivity contribution in [2.75, 3.05) is 0 Å². The third-order valence-electron chi connectivity index (χ3n) is 14.6. The average molecular weight is 1010 g/mol. The van der Waals surface area contributed by atoms with Crippen molar-refractivity contribution in [2.24, 2.45) is 11.8 Å². The standard InChI is InChI=1S/C50H86O20/c1-10-13-19-22-31-23-20-17-15-14-16-18-21-24-32(51)65-43-38(57)49(68-40-28(7)60-47(64-31)35(54)34(40)53)62-30(9)42(43)70-50-44(67-46(59)26(5)12-3)37(56)41(29(8)63-50)69-48-36(55)33(52)39(27(6)61-48)66-45(58)25(4)11-2/h25-31,33-44,47-50,52-57H,10-24H2,1-9H3. The normalized spacial score (nSPS) is 42.7. The maximum Gasteiger partial charge on any atom is 0.309 e. The van der Waals surface area contributed by atoms with Gasteiger partial charge in [-0.25, -0.2) is 0 Å². The van der Waals surface area contributed by atoms with Crippen LogP contribution in [0.1, 0.15) is 159 Å². The van der Waals surface area contributed by atoms with Crippen LogP contribution in [0.5, 0.6) is 0 Å². The molecule has 70 heavy (non-hydrogen) atoms. The summed E-state index contributed by atoms with van der Waals surface area (Å²) in [6, 6.07) is 0. The highest BCUT2D eigenvalue weighted by Crippen LogP contribution is 2.37. The van der Waals surface area contributed by atoms with Gasteiger partial charge in [0.05, 0.1) is 42.4 Å². The van der Waals surface area contributed by atoms with Gasteiger partial charge in [-0.15, -0.1) is 0 Å². The van der Waals surface area contributed by atoms with E-state index in [2.05, 4.69) is 6.92 Å². The van der Waals surface area contributed by atoms with Gasteiger partial charge in [0.2, 0.25) is 0 Å². The van der Waals surface area contributed by atoms with Gasteiger partial charge in [-0.3, -0.25) is 14.4 Å². The predicted molar refractivity (Wildman–Crippen MR) is 247 cm³/mol. The Kier molecular flexibility index (Phi) is 23.4. The molecule has 4 bridgehead atoms. The molecule has 406 valence electrons. The summed E-state index contributed by atoms with van der Waals surface area (Å²) in [6.45, 7) is 15.3.